The first-order chi connectivity index (χ1) is 19.9. The summed E-state index contributed by atoms with van der Waals surface area (Å²) in [6.07, 6.45) is 0.972. The molecule has 6 rings (SSSR count). The molecule has 2 unspecified atom stereocenters. The van der Waals surface area contributed by atoms with Gasteiger partial charge in [-0.1, -0.05) is 24.3 Å². The molecule has 10 heteroatoms. The summed E-state index contributed by atoms with van der Waals surface area (Å²) in [4.78, 5) is 53.7. The van der Waals surface area contributed by atoms with Crippen LogP contribution >= 0.6 is 0 Å². The summed E-state index contributed by atoms with van der Waals surface area (Å²) in [6, 6.07) is 19.1. The Balaban J connectivity index is 1.34. The number of nitrogens with one attached hydrogen (secondary N) is 2. The van der Waals surface area contributed by atoms with Gasteiger partial charge in [0, 0.05) is 61.9 Å². The zero-order valence-corrected chi connectivity index (χ0v) is 22.6. The van der Waals surface area contributed by atoms with Crippen molar-refractivity contribution >= 4 is 34.2 Å². The Morgan fingerprint density at radius 3 is 2.68 bits per heavy atom. The average molecular weight is 555 g/mol. The van der Waals surface area contributed by atoms with Gasteiger partial charge in [-0.2, -0.15) is 0 Å². The molecule has 210 valence electrons. The van der Waals surface area contributed by atoms with E-state index >= 15 is 0 Å². The molecule has 2 aromatic heterocycles. The number of rotatable bonds is 7. The van der Waals surface area contributed by atoms with Crippen LogP contribution in [-0.2, 0) is 11.3 Å². The summed E-state index contributed by atoms with van der Waals surface area (Å²) in [5.41, 5.74) is 2.04. The lowest BCUT2D eigenvalue weighted by molar-refractivity contribution is 0.0936. The number of anilines is 2. The maximum Gasteiger partial charge on any atom is 0.349 e. The molecule has 2 aliphatic rings. The number of hydrogen-bond donors (Lipinski definition) is 2. The van der Waals surface area contributed by atoms with Crippen LogP contribution in [0.3, 0.4) is 0 Å². The largest absolute Gasteiger partial charge is 0.422 e. The van der Waals surface area contributed by atoms with Crippen molar-refractivity contribution < 1.29 is 18.7 Å². The fourth-order valence-electron chi connectivity index (χ4n) is 5.92. The summed E-state index contributed by atoms with van der Waals surface area (Å²) in [5.74, 6) is -0.547. The molecule has 2 atom stereocenters. The number of para-hydroxylation sites is 1. The lowest BCUT2D eigenvalue weighted by Gasteiger charge is -2.44. The van der Waals surface area contributed by atoms with Crippen LogP contribution in [0.1, 0.15) is 38.7 Å². The maximum absolute atomic E-state index is 13.5. The van der Waals surface area contributed by atoms with Gasteiger partial charge in [0.25, 0.3) is 17.4 Å². The Hall–Kier alpha value is -4.70. The van der Waals surface area contributed by atoms with Gasteiger partial charge < -0.3 is 29.3 Å². The van der Waals surface area contributed by atoms with E-state index in [1.54, 1.807) is 55.6 Å². The molecule has 10 nitrogen and oxygen atoms in total. The van der Waals surface area contributed by atoms with E-state index in [0.717, 1.165) is 17.8 Å². The molecule has 0 saturated carbocycles. The van der Waals surface area contributed by atoms with Gasteiger partial charge in [0.15, 0.2) is 0 Å². The third-order valence-corrected chi connectivity index (χ3v) is 7.81. The standard InChI is InChI=1S/C31H30N4O6/c1-40-12-11-32-29(37)21-9-10-26(34-16-19-13-22(18-34)25-6-4-8-28(36)35(25)17-19)24(15-21)33-30(38)23-14-20-5-2-3-7-27(20)41-31(23)39/h2-10,14-15,19,22H,11-13,16-18H2,1H3,(H,32,37)(H,33,38). The minimum atomic E-state index is -0.745. The second-order valence-corrected chi connectivity index (χ2v) is 10.5. The summed E-state index contributed by atoms with van der Waals surface area (Å²) in [5, 5.41) is 6.31. The molecule has 1 fully saturated rings. The SMILES string of the molecule is COCCNC(=O)c1ccc(N2CC3CC(C2)c2cccc(=O)n2C3)c(NC(=O)c2cc3ccccc3oc2=O)c1. The first-order valence-electron chi connectivity index (χ1n) is 13.6. The summed E-state index contributed by atoms with van der Waals surface area (Å²) in [6.45, 7) is 2.65. The van der Waals surface area contributed by atoms with E-state index in [4.69, 9.17) is 9.15 Å². The van der Waals surface area contributed by atoms with Gasteiger partial charge in [0.2, 0.25) is 0 Å². The van der Waals surface area contributed by atoms with E-state index in [1.807, 2.05) is 16.7 Å². The Bertz CT molecular complexity index is 1760. The molecule has 2 amide bonds. The number of amides is 2. The van der Waals surface area contributed by atoms with Gasteiger partial charge in [0.05, 0.1) is 18.0 Å². The van der Waals surface area contributed by atoms with Crippen molar-refractivity contribution in [3.8, 4) is 0 Å². The van der Waals surface area contributed by atoms with Crippen molar-refractivity contribution in [1.82, 2.24) is 9.88 Å². The molecule has 2 aromatic carbocycles. The van der Waals surface area contributed by atoms with Crippen molar-refractivity contribution in [2.24, 2.45) is 5.92 Å². The number of fused-ring (bicyclic) bond motifs is 5. The van der Waals surface area contributed by atoms with Crippen molar-refractivity contribution in [3.05, 3.63) is 104 Å². The van der Waals surface area contributed by atoms with Crippen LogP contribution in [0.15, 0.2) is 80.7 Å². The number of piperidine rings is 1. The zero-order valence-electron chi connectivity index (χ0n) is 22.6. The first kappa shape index (κ1) is 26.5. The molecule has 0 spiro atoms. The number of nitrogens with zero attached hydrogens (tertiary/aromatic N) is 2. The Kier molecular flexibility index (Phi) is 7.15. The summed E-state index contributed by atoms with van der Waals surface area (Å²) >= 11 is 0. The Labute approximate surface area is 235 Å². The summed E-state index contributed by atoms with van der Waals surface area (Å²) < 4.78 is 12.3. The van der Waals surface area contributed by atoms with Crippen LogP contribution in [0, 0.1) is 5.92 Å². The van der Waals surface area contributed by atoms with Crippen LogP contribution in [0.5, 0.6) is 0 Å². The number of carbonyl (C=O) groups excluding carboxylic acids is 2. The molecule has 2 N–H and O–H groups in total. The molecule has 2 aliphatic heterocycles. The van der Waals surface area contributed by atoms with Crippen LogP contribution in [0.4, 0.5) is 11.4 Å². The molecule has 41 heavy (non-hydrogen) atoms. The van der Waals surface area contributed by atoms with Crippen molar-refractivity contribution in [2.45, 2.75) is 18.9 Å². The second-order valence-electron chi connectivity index (χ2n) is 10.5. The number of benzene rings is 2. The van der Waals surface area contributed by atoms with Gasteiger partial charge in [0.1, 0.15) is 11.1 Å². The van der Waals surface area contributed by atoms with Crippen LogP contribution in [0.25, 0.3) is 11.0 Å². The summed E-state index contributed by atoms with van der Waals surface area (Å²) in [7, 11) is 1.56. The minimum Gasteiger partial charge on any atom is -0.422 e. The molecule has 4 heterocycles. The van der Waals surface area contributed by atoms with E-state index in [1.165, 1.54) is 6.07 Å². The van der Waals surface area contributed by atoms with E-state index < -0.39 is 11.5 Å². The van der Waals surface area contributed by atoms with Gasteiger partial charge >= 0.3 is 5.63 Å². The fourth-order valence-corrected chi connectivity index (χ4v) is 5.92. The number of ether oxygens (including phenoxy) is 1. The topological polar surface area (TPSA) is 123 Å². The molecule has 0 aliphatic carbocycles. The lowest BCUT2D eigenvalue weighted by atomic mass is 9.83. The second kappa shape index (κ2) is 11.1. The third kappa shape index (κ3) is 5.26. The number of hydrogen-bond acceptors (Lipinski definition) is 7. The van der Waals surface area contributed by atoms with Crippen LogP contribution < -0.4 is 26.7 Å². The Morgan fingerprint density at radius 2 is 1.83 bits per heavy atom. The Morgan fingerprint density at radius 1 is 0.976 bits per heavy atom. The molecule has 0 radical (unpaired) electrons. The van der Waals surface area contributed by atoms with Gasteiger partial charge in [-0.05, 0) is 48.7 Å². The number of aromatic nitrogens is 1. The van der Waals surface area contributed by atoms with E-state index in [0.29, 0.717) is 55.0 Å². The monoisotopic (exact) mass is 554 g/mol. The highest BCUT2D eigenvalue weighted by atomic mass is 16.5. The zero-order chi connectivity index (χ0) is 28.5. The van der Waals surface area contributed by atoms with E-state index in [9.17, 15) is 19.2 Å². The maximum atomic E-state index is 13.5. The number of carbonyl (C=O) groups is 2. The quantitative estimate of drug-likeness (QED) is 0.266. The van der Waals surface area contributed by atoms with Crippen molar-refractivity contribution in [3.63, 3.8) is 0 Å². The molecule has 1 saturated heterocycles. The number of pyridine rings is 1. The molecule has 4 aromatic rings. The van der Waals surface area contributed by atoms with E-state index in [2.05, 4.69) is 15.5 Å². The molecular formula is C31H30N4O6. The highest BCUT2D eigenvalue weighted by Gasteiger charge is 2.35. The predicted molar refractivity (Wildman–Crippen MR) is 155 cm³/mol. The smallest absolute Gasteiger partial charge is 0.349 e. The van der Waals surface area contributed by atoms with Crippen LogP contribution in [0.2, 0.25) is 0 Å². The van der Waals surface area contributed by atoms with Gasteiger partial charge in [-0.25, -0.2) is 4.79 Å². The average Bonchev–Trinajstić information content (AvgIpc) is 2.97. The minimum absolute atomic E-state index is 0.0108. The highest BCUT2D eigenvalue weighted by molar-refractivity contribution is 6.08. The lowest BCUT2D eigenvalue weighted by Crippen LogP contribution is -2.47. The van der Waals surface area contributed by atoms with E-state index in [-0.39, 0.29) is 28.9 Å². The predicted octanol–water partition coefficient (Wildman–Crippen LogP) is 3.21. The first-order valence-corrected chi connectivity index (χ1v) is 13.6. The van der Waals surface area contributed by atoms with Gasteiger partial charge in [-0.15, -0.1) is 0 Å². The molecule has 2 bridgehead atoms. The van der Waals surface area contributed by atoms with Crippen LogP contribution in [-0.4, -0.2) is 49.7 Å². The van der Waals surface area contributed by atoms with Crippen molar-refractivity contribution in [2.75, 3.05) is 43.6 Å². The fraction of sp³-hybridized carbons (Fsp3) is 0.290. The molecular weight excluding hydrogens is 524 g/mol. The normalized spacial score (nSPS) is 17.6. The van der Waals surface area contributed by atoms with Crippen molar-refractivity contribution in [1.29, 1.82) is 0 Å². The highest BCUT2D eigenvalue weighted by Crippen LogP contribution is 2.39. The number of methoxy groups -OCH3 is 1. The third-order valence-electron chi connectivity index (χ3n) is 7.81. The van der Waals surface area contributed by atoms with Gasteiger partial charge in [-0.3, -0.25) is 14.4 Å².